The number of oxime groups is 1. The van der Waals surface area contributed by atoms with Crippen LogP contribution in [0.3, 0.4) is 0 Å². The minimum atomic E-state index is -0.306. The molecule has 0 N–H and O–H groups in total. The molecule has 0 radical (unpaired) electrons. The second-order valence-electron chi connectivity index (χ2n) is 5.04. The Morgan fingerprint density at radius 3 is 2.43 bits per heavy atom. The molecule has 2 aromatic carbocycles. The summed E-state index contributed by atoms with van der Waals surface area (Å²) in [6, 6.07) is 13.3. The maximum atomic E-state index is 12.6. The van der Waals surface area contributed by atoms with Crippen molar-refractivity contribution in [1.82, 2.24) is 0 Å². The molecule has 5 heteroatoms. The zero-order chi connectivity index (χ0) is 16.7. The van der Waals surface area contributed by atoms with E-state index in [-0.39, 0.29) is 18.2 Å². The van der Waals surface area contributed by atoms with E-state index < -0.39 is 0 Å². The number of methoxy groups -OCH3 is 1. The van der Waals surface area contributed by atoms with Gasteiger partial charge in [0.25, 0.3) is 0 Å². The summed E-state index contributed by atoms with van der Waals surface area (Å²) in [5.74, 6) is -0.498. The number of benzene rings is 2. The molecule has 0 spiro atoms. The highest BCUT2D eigenvalue weighted by Crippen LogP contribution is 2.17. The maximum Gasteiger partial charge on any atom is 0.305 e. The van der Waals surface area contributed by atoms with E-state index in [9.17, 15) is 9.59 Å². The number of carbonyl (C=O) groups excluding carboxylic acids is 2. The van der Waals surface area contributed by atoms with Crippen LogP contribution in [-0.2, 0) is 14.4 Å². The third-order valence-corrected chi connectivity index (χ3v) is 3.50. The monoisotopic (exact) mass is 313 g/mol. The average Bonchev–Trinajstić information content (AvgIpc) is 2.59. The number of hydrogen-bond donors (Lipinski definition) is 0. The quantitative estimate of drug-likeness (QED) is 0.340. The molecule has 23 heavy (non-hydrogen) atoms. The van der Waals surface area contributed by atoms with E-state index >= 15 is 0 Å². The van der Waals surface area contributed by atoms with Gasteiger partial charge in [0.2, 0.25) is 5.78 Å². The Morgan fingerprint density at radius 1 is 1.00 bits per heavy atom. The van der Waals surface area contributed by atoms with Crippen LogP contribution in [0.5, 0.6) is 0 Å². The molecular weight excluding hydrogens is 294 g/mol. The van der Waals surface area contributed by atoms with Gasteiger partial charge >= 0.3 is 5.97 Å². The standard InChI is InChI=1S/C18H19NO4/c1-22-17(20)9-5-8-16(19-23-2)18(21)15-11-10-13-6-3-4-7-14(13)12-15/h3-4,6-7,10-12H,5,8-9H2,1-2H3/b19-16+. The summed E-state index contributed by atoms with van der Waals surface area (Å²) in [5.41, 5.74) is 0.851. The first-order valence-electron chi connectivity index (χ1n) is 7.36. The number of fused-ring (bicyclic) bond motifs is 1. The van der Waals surface area contributed by atoms with Crippen LogP contribution in [0.2, 0.25) is 0 Å². The molecular formula is C18H19NO4. The second-order valence-corrected chi connectivity index (χ2v) is 5.04. The molecule has 0 aromatic heterocycles. The Bertz CT molecular complexity index is 737. The van der Waals surface area contributed by atoms with Gasteiger partial charge in [0, 0.05) is 12.0 Å². The van der Waals surface area contributed by atoms with Gasteiger partial charge in [-0.15, -0.1) is 0 Å². The summed E-state index contributed by atoms with van der Waals surface area (Å²) in [7, 11) is 2.74. The topological polar surface area (TPSA) is 65.0 Å². The van der Waals surface area contributed by atoms with Crippen LogP contribution in [0, 0.1) is 0 Å². The van der Waals surface area contributed by atoms with Crippen LogP contribution in [0.4, 0.5) is 0 Å². The fourth-order valence-corrected chi connectivity index (χ4v) is 2.31. The molecule has 0 bridgehead atoms. The fourth-order valence-electron chi connectivity index (χ4n) is 2.31. The van der Waals surface area contributed by atoms with Crippen molar-refractivity contribution in [2.45, 2.75) is 19.3 Å². The van der Waals surface area contributed by atoms with Crippen molar-refractivity contribution < 1.29 is 19.2 Å². The molecule has 0 unspecified atom stereocenters. The van der Waals surface area contributed by atoms with E-state index in [2.05, 4.69) is 9.89 Å². The van der Waals surface area contributed by atoms with Gasteiger partial charge in [0.1, 0.15) is 12.8 Å². The van der Waals surface area contributed by atoms with E-state index in [0.717, 1.165) is 10.8 Å². The number of hydrogen-bond acceptors (Lipinski definition) is 5. The fraction of sp³-hybridized carbons (Fsp3) is 0.278. The van der Waals surface area contributed by atoms with E-state index in [1.165, 1.54) is 14.2 Å². The van der Waals surface area contributed by atoms with Crippen LogP contribution in [0.1, 0.15) is 29.6 Å². The van der Waals surface area contributed by atoms with Gasteiger partial charge in [-0.3, -0.25) is 9.59 Å². The van der Waals surface area contributed by atoms with Gasteiger partial charge in [-0.05, 0) is 29.7 Å². The van der Waals surface area contributed by atoms with Gasteiger partial charge in [-0.25, -0.2) is 0 Å². The number of carbonyl (C=O) groups is 2. The highest BCUT2D eigenvalue weighted by atomic mass is 16.6. The highest BCUT2D eigenvalue weighted by molar-refractivity contribution is 6.46. The van der Waals surface area contributed by atoms with Crippen LogP contribution in [-0.4, -0.2) is 31.7 Å². The first kappa shape index (κ1) is 16.7. The molecule has 0 saturated heterocycles. The number of nitrogens with zero attached hydrogens (tertiary/aromatic N) is 1. The van der Waals surface area contributed by atoms with Crippen molar-refractivity contribution >= 4 is 28.2 Å². The average molecular weight is 313 g/mol. The lowest BCUT2D eigenvalue weighted by Gasteiger charge is -2.06. The number of ether oxygens (including phenoxy) is 1. The molecule has 5 nitrogen and oxygen atoms in total. The first-order chi connectivity index (χ1) is 11.2. The molecule has 0 fully saturated rings. The molecule has 0 aliphatic heterocycles. The zero-order valence-electron chi connectivity index (χ0n) is 13.2. The normalized spacial score (nSPS) is 11.3. The summed E-state index contributed by atoms with van der Waals surface area (Å²) < 4.78 is 4.59. The van der Waals surface area contributed by atoms with Crippen LogP contribution >= 0.6 is 0 Å². The van der Waals surface area contributed by atoms with Crippen molar-refractivity contribution in [3.05, 3.63) is 48.0 Å². The predicted octanol–water partition coefficient (Wildman–Crippen LogP) is 3.37. The van der Waals surface area contributed by atoms with Gasteiger partial charge in [0.15, 0.2) is 0 Å². The summed E-state index contributed by atoms with van der Waals surface area (Å²) in [4.78, 5) is 28.5. The molecule has 0 aliphatic carbocycles. The summed E-state index contributed by atoms with van der Waals surface area (Å²) >= 11 is 0. The second kappa shape index (κ2) is 8.08. The van der Waals surface area contributed by atoms with Crippen LogP contribution in [0.15, 0.2) is 47.6 Å². The Hall–Kier alpha value is -2.69. The maximum absolute atomic E-state index is 12.6. The Labute approximate surface area is 134 Å². The largest absolute Gasteiger partial charge is 0.469 e. The van der Waals surface area contributed by atoms with Gasteiger partial charge < -0.3 is 9.57 Å². The molecule has 0 atom stereocenters. The molecule has 0 amide bonds. The smallest absolute Gasteiger partial charge is 0.305 e. The van der Waals surface area contributed by atoms with E-state index in [1.54, 1.807) is 6.07 Å². The molecule has 2 aromatic rings. The Kier molecular flexibility index (Phi) is 5.86. The van der Waals surface area contributed by atoms with Gasteiger partial charge in [-0.2, -0.15) is 0 Å². The number of ketones is 1. The van der Waals surface area contributed by atoms with Gasteiger partial charge in [-0.1, -0.05) is 41.6 Å². The lowest BCUT2D eigenvalue weighted by atomic mass is 9.99. The van der Waals surface area contributed by atoms with Crippen molar-refractivity contribution in [2.24, 2.45) is 5.16 Å². The predicted molar refractivity (Wildman–Crippen MR) is 88.6 cm³/mol. The van der Waals surface area contributed by atoms with Crippen molar-refractivity contribution in [1.29, 1.82) is 0 Å². The molecule has 120 valence electrons. The van der Waals surface area contributed by atoms with E-state index in [4.69, 9.17) is 4.84 Å². The van der Waals surface area contributed by atoms with E-state index in [1.807, 2.05) is 36.4 Å². The van der Waals surface area contributed by atoms with E-state index in [0.29, 0.717) is 24.1 Å². The molecule has 0 heterocycles. The Morgan fingerprint density at radius 2 is 1.74 bits per heavy atom. The van der Waals surface area contributed by atoms with Crippen LogP contribution < -0.4 is 0 Å². The summed E-state index contributed by atoms with van der Waals surface area (Å²) in [6.45, 7) is 0. The lowest BCUT2D eigenvalue weighted by molar-refractivity contribution is -0.140. The Balaban J connectivity index is 2.15. The lowest BCUT2D eigenvalue weighted by Crippen LogP contribution is -2.15. The molecule has 0 aliphatic rings. The highest BCUT2D eigenvalue weighted by Gasteiger charge is 2.16. The number of Topliss-reactive ketones (excluding diaryl/α,β-unsaturated/α-hetero) is 1. The minimum Gasteiger partial charge on any atom is -0.469 e. The SMILES string of the molecule is CO/N=C(\CCCC(=O)OC)C(=O)c1ccc2ccccc2c1. The van der Waals surface area contributed by atoms with Crippen molar-refractivity contribution in [2.75, 3.05) is 14.2 Å². The number of esters is 1. The molecule has 0 saturated carbocycles. The summed E-state index contributed by atoms with van der Waals surface area (Å²) in [6.07, 6.45) is 1.08. The zero-order valence-corrected chi connectivity index (χ0v) is 13.2. The van der Waals surface area contributed by atoms with Crippen molar-refractivity contribution in [3.63, 3.8) is 0 Å². The van der Waals surface area contributed by atoms with Gasteiger partial charge in [0.05, 0.1) is 7.11 Å². The first-order valence-corrected chi connectivity index (χ1v) is 7.36. The van der Waals surface area contributed by atoms with Crippen molar-refractivity contribution in [3.8, 4) is 0 Å². The third-order valence-electron chi connectivity index (χ3n) is 3.50. The summed E-state index contributed by atoms with van der Waals surface area (Å²) in [5, 5.41) is 5.88. The number of rotatable bonds is 7. The molecule has 2 rings (SSSR count). The minimum absolute atomic E-state index is 0.192. The van der Waals surface area contributed by atoms with Crippen LogP contribution in [0.25, 0.3) is 10.8 Å². The third kappa shape index (κ3) is 4.39.